The third-order valence-corrected chi connectivity index (χ3v) is 10.0. The molecule has 39 heavy (non-hydrogen) atoms. The van der Waals surface area contributed by atoms with Crippen molar-refractivity contribution in [1.29, 1.82) is 0 Å². The molecule has 1 saturated heterocycles. The van der Waals surface area contributed by atoms with Crippen molar-refractivity contribution in [3.05, 3.63) is 80.6 Å². The molecular weight excluding hydrogens is 591 g/mol. The Bertz CT molecular complexity index is 1690. The SMILES string of the molecule is CS(=O)(=O)c1c(-c2ccccc2)ccc([C@@]2(N(CC(=O)O)S(=O)(=O)/C=C/c3ccc(Cl)s3)CCNC2=O)c1F. The van der Waals surface area contributed by atoms with Gasteiger partial charge < -0.3 is 10.4 Å². The summed E-state index contributed by atoms with van der Waals surface area (Å²) in [5.74, 6) is -3.92. The van der Waals surface area contributed by atoms with Crippen LogP contribution in [0.2, 0.25) is 4.34 Å². The lowest BCUT2D eigenvalue weighted by Gasteiger charge is -2.37. The Morgan fingerprint density at radius 1 is 1.15 bits per heavy atom. The van der Waals surface area contributed by atoms with E-state index in [9.17, 15) is 31.5 Å². The van der Waals surface area contributed by atoms with Gasteiger partial charge in [-0.15, -0.1) is 11.3 Å². The van der Waals surface area contributed by atoms with Gasteiger partial charge in [0.25, 0.3) is 0 Å². The second kappa shape index (κ2) is 10.8. The Balaban J connectivity index is 1.98. The van der Waals surface area contributed by atoms with Crippen LogP contribution in [0.5, 0.6) is 0 Å². The van der Waals surface area contributed by atoms with E-state index in [1.54, 1.807) is 36.4 Å². The molecule has 1 aromatic heterocycles. The molecule has 0 bridgehead atoms. The highest BCUT2D eigenvalue weighted by Gasteiger charge is 2.55. The van der Waals surface area contributed by atoms with Gasteiger partial charge in [-0.1, -0.05) is 54.1 Å². The summed E-state index contributed by atoms with van der Waals surface area (Å²) in [6, 6.07) is 13.6. The molecule has 3 aromatic rings. The first-order valence-corrected chi connectivity index (χ1v) is 15.9. The van der Waals surface area contributed by atoms with Gasteiger partial charge in [0.1, 0.15) is 22.8 Å². The Morgan fingerprint density at radius 2 is 1.85 bits per heavy atom. The van der Waals surface area contributed by atoms with Crippen molar-refractivity contribution in [2.45, 2.75) is 16.9 Å². The van der Waals surface area contributed by atoms with Crippen molar-refractivity contribution < 1.29 is 35.9 Å². The summed E-state index contributed by atoms with van der Waals surface area (Å²) < 4.78 is 69.9. The summed E-state index contributed by atoms with van der Waals surface area (Å²) in [7, 11) is -8.95. The highest BCUT2D eigenvalue weighted by molar-refractivity contribution is 7.92. The van der Waals surface area contributed by atoms with E-state index in [0.717, 1.165) is 23.7 Å². The molecule has 1 fully saturated rings. The fourth-order valence-corrected chi connectivity index (χ4v) is 8.07. The van der Waals surface area contributed by atoms with Crippen LogP contribution in [0, 0.1) is 5.82 Å². The van der Waals surface area contributed by atoms with Crippen molar-refractivity contribution in [1.82, 2.24) is 9.62 Å². The van der Waals surface area contributed by atoms with Crippen LogP contribution >= 0.6 is 22.9 Å². The fraction of sp³-hybridized carbons (Fsp3) is 0.200. The molecule has 4 rings (SSSR count). The number of carbonyl (C=O) groups is 2. The highest BCUT2D eigenvalue weighted by atomic mass is 35.5. The molecule has 2 heterocycles. The minimum absolute atomic E-state index is 0.00927. The number of thiophene rings is 1. The second-order valence-corrected chi connectivity index (χ2v) is 14.1. The summed E-state index contributed by atoms with van der Waals surface area (Å²) in [6.45, 7) is -1.30. The number of hydrogen-bond acceptors (Lipinski definition) is 7. The number of aliphatic carboxylic acids is 1. The average molecular weight is 613 g/mol. The molecule has 0 saturated carbocycles. The van der Waals surface area contributed by atoms with E-state index in [1.807, 2.05) is 0 Å². The molecule has 2 aromatic carbocycles. The molecule has 1 aliphatic rings. The number of sulfonamides is 1. The van der Waals surface area contributed by atoms with E-state index in [-0.39, 0.29) is 18.5 Å². The number of hydrogen-bond donors (Lipinski definition) is 2. The van der Waals surface area contributed by atoms with E-state index in [2.05, 4.69) is 5.32 Å². The van der Waals surface area contributed by atoms with Crippen molar-refractivity contribution in [3.63, 3.8) is 0 Å². The Morgan fingerprint density at radius 3 is 2.38 bits per heavy atom. The Labute approximate surface area is 233 Å². The van der Waals surface area contributed by atoms with Crippen molar-refractivity contribution in [2.75, 3.05) is 19.3 Å². The van der Waals surface area contributed by atoms with E-state index in [0.29, 0.717) is 24.5 Å². The number of carboxylic acids is 1. The number of benzene rings is 2. The van der Waals surface area contributed by atoms with E-state index in [4.69, 9.17) is 11.6 Å². The summed E-state index contributed by atoms with van der Waals surface area (Å²) >= 11 is 6.96. The quantitative estimate of drug-likeness (QED) is 0.376. The maximum absolute atomic E-state index is 16.4. The maximum Gasteiger partial charge on any atom is 0.318 e. The first kappa shape index (κ1) is 28.9. The molecule has 0 spiro atoms. The molecular formula is C25H22ClFN2O7S3. The van der Waals surface area contributed by atoms with Crippen LogP contribution in [-0.4, -0.2) is 57.5 Å². The van der Waals surface area contributed by atoms with Gasteiger partial charge in [0, 0.05) is 34.2 Å². The van der Waals surface area contributed by atoms with Gasteiger partial charge in [-0.25, -0.2) is 21.2 Å². The molecule has 14 heteroatoms. The number of carbonyl (C=O) groups excluding carboxylic acids is 1. The van der Waals surface area contributed by atoms with Gasteiger partial charge in [-0.3, -0.25) is 9.59 Å². The van der Waals surface area contributed by atoms with Crippen LogP contribution in [0.25, 0.3) is 17.2 Å². The van der Waals surface area contributed by atoms with Crippen LogP contribution in [0.3, 0.4) is 0 Å². The van der Waals surface area contributed by atoms with Crippen molar-refractivity contribution in [3.8, 4) is 11.1 Å². The topological polar surface area (TPSA) is 138 Å². The van der Waals surface area contributed by atoms with Crippen LogP contribution in [-0.2, 0) is 35.0 Å². The zero-order valence-electron chi connectivity index (χ0n) is 20.3. The molecule has 9 nitrogen and oxygen atoms in total. The number of amides is 1. The third kappa shape index (κ3) is 5.63. The lowest BCUT2D eigenvalue weighted by molar-refractivity contribution is -0.139. The number of halogens is 2. The number of sulfone groups is 1. The Kier molecular flexibility index (Phi) is 8.01. The minimum Gasteiger partial charge on any atom is -0.480 e. The van der Waals surface area contributed by atoms with Crippen LogP contribution in [0.1, 0.15) is 16.9 Å². The minimum atomic E-state index is -4.70. The molecule has 1 atom stereocenters. The average Bonchev–Trinajstić information content (AvgIpc) is 3.46. The normalized spacial score (nSPS) is 18.1. The highest BCUT2D eigenvalue weighted by Crippen LogP contribution is 2.43. The molecule has 0 radical (unpaired) electrons. The first-order chi connectivity index (χ1) is 18.3. The van der Waals surface area contributed by atoms with E-state index < -0.39 is 60.1 Å². The maximum atomic E-state index is 16.4. The first-order valence-electron chi connectivity index (χ1n) is 11.3. The molecule has 2 N–H and O–H groups in total. The summed E-state index contributed by atoms with van der Waals surface area (Å²) in [5.41, 5.74) is -2.57. The smallest absolute Gasteiger partial charge is 0.318 e. The standard InChI is InChI=1S/C25H22ClFN2O7S3/c1-38(33,34)23-18(16-5-3-2-4-6-16)8-9-19(22(23)27)25(12-13-28-24(25)32)29(15-21(30)31)39(35,36)14-11-17-7-10-20(26)37-17/h2-11,14H,12-13,15H2,1H3,(H,28,32)(H,30,31)/b14-11+/t25-/m0/s1. The molecule has 0 unspecified atom stereocenters. The largest absolute Gasteiger partial charge is 0.480 e. The summed E-state index contributed by atoms with van der Waals surface area (Å²) in [4.78, 5) is 24.9. The predicted octanol–water partition coefficient (Wildman–Crippen LogP) is 3.71. The van der Waals surface area contributed by atoms with Gasteiger partial charge in [0.15, 0.2) is 9.84 Å². The monoisotopic (exact) mass is 612 g/mol. The van der Waals surface area contributed by atoms with Gasteiger partial charge in [-0.2, -0.15) is 4.31 Å². The van der Waals surface area contributed by atoms with Crippen LogP contribution < -0.4 is 5.32 Å². The zero-order valence-corrected chi connectivity index (χ0v) is 23.5. The Hall–Kier alpha value is -3.10. The van der Waals surface area contributed by atoms with Crippen molar-refractivity contribution in [2.24, 2.45) is 0 Å². The van der Waals surface area contributed by atoms with Gasteiger partial charge in [-0.05, 0) is 30.2 Å². The number of carboxylic acid groups (broad SMARTS) is 1. The second-order valence-electron chi connectivity index (χ2n) is 8.70. The number of nitrogens with zero attached hydrogens (tertiary/aromatic N) is 1. The molecule has 1 aliphatic heterocycles. The van der Waals surface area contributed by atoms with Gasteiger partial charge in [0.05, 0.1) is 4.34 Å². The predicted molar refractivity (Wildman–Crippen MR) is 146 cm³/mol. The number of rotatable bonds is 9. The van der Waals surface area contributed by atoms with Gasteiger partial charge >= 0.3 is 5.97 Å². The summed E-state index contributed by atoms with van der Waals surface area (Å²) in [5, 5.41) is 12.8. The third-order valence-electron chi connectivity index (χ3n) is 6.16. The summed E-state index contributed by atoms with van der Waals surface area (Å²) in [6.07, 6.45) is 1.63. The van der Waals surface area contributed by atoms with Crippen LogP contribution in [0.15, 0.2) is 64.9 Å². The van der Waals surface area contributed by atoms with Crippen LogP contribution in [0.4, 0.5) is 4.39 Å². The molecule has 206 valence electrons. The number of nitrogens with one attached hydrogen (secondary N) is 1. The van der Waals surface area contributed by atoms with E-state index >= 15 is 4.39 Å². The molecule has 0 aliphatic carbocycles. The lowest BCUT2D eigenvalue weighted by Crippen LogP contribution is -2.55. The zero-order chi connectivity index (χ0) is 28.6. The van der Waals surface area contributed by atoms with E-state index in [1.165, 1.54) is 18.2 Å². The van der Waals surface area contributed by atoms with Crippen molar-refractivity contribution >= 4 is 60.8 Å². The fourth-order valence-electron chi connectivity index (χ4n) is 4.54. The molecule has 1 amide bonds. The van der Waals surface area contributed by atoms with Gasteiger partial charge in [0.2, 0.25) is 15.9 Å². The lowest BCUT2D eigenvalue weighted by atomic mass is 9.86.